The summed E-state index contributed by atoms with van der Waals surface area (Å²) in [5.74, 6) is 2.22. The standard InChI is InChI=1S/C20H30O2/c1-10-6-9-14-12(3)18(21)17(19-20(4,5)22-19)15-11(2)7-8-13(10)16(14)15/h10,12,14-15,17-19,21H,2,6-9H2,1,3-5H3/t10-,12+,14+,15+,17-,18-,19-/m1/s1. The number of aliphatic hydroxyl groups excluding tert-OH is 1. The van der Waals surface area contributed by atoms with Gasteiger partial charge in [-0.25, -0.2) is 0 Å². The molecule has 1 saturated heterocycles. The number of epoxide rings is 1. The smallest absolute Gasteiger partial charge is 0.0929 e. The highest BCUT2D eigenvalue weighted by Gasteiger charge is 2.61. The third-order valence-electron chi connectivity index (χ3n) is 7.13. The summed E-state index contributed by atoms with van der Waals surface area (Å²) in [6.07, 6.45) is 4.77. The third-order valence-corrected chi connectivity index (χ3v) is 7.13. The molecule has 1 heterocycles. The van der Waals surface area contributed by atoms with Crippen LogP contribution >= 0.6 is 0 Å². The Kier molecular flexibility index (Phi) is 3.20. The minimum Gasteiger partial charge on any atom is -0.392 e. The SMILES string of the molecule is C=C1CCC2=C3[C@H]1[C@@H]([C@H]1OC1(C)C)[C@H](O)[C@@H](C)[C@@H]3CC[C@H]2C. The third kappa shape index (κ3) is 1.93. The maximum Gasteiger partial charge on any atom is 0.0929 e. The predicted molar refractivity (Wildman–Crippen MR) is 88.4 cm³/mol. The molecule has 122 valence electrons. The van der Waals surface area contributed by atoms with Crippen molar-refractivity contribution in [3.8, 4) is 0 Å². The minimum absolute atomic E-state index is 0.0725. The van der Waals surface area contributed by atoms with Crippen molar-refractivity contribution >= 4 is 0 Å². The molecule has 4 aliphatic rings. The van der Waals surface area contributed by atoms with Crippen LogP contribution in [0.5, 0.6) is 0 Å². The Morgan fingerprint density at radius 1 is 1.18 bits per heavy atom. The molecule has 2 nitrogen and oxygen atoms in total. The second-order valence-electron chi connectivity index (χ2n) is 8.77. The monoisotopic (exact) mass is 302 g/mol. The van der Waals surface area contributed by atoms with Crippen LogP contribution in [0.25, 0.3) is 0 Å². The van der Waals surface area contributed by atoms with Crippen LogP contribution in [-0.4, -0.2) is 22.9 Å². The van der Waals surface area contributed by atoms with Crippen LogP contribution in [0.3, 0.4) is 0 Å². The van der Waals surface area contributed by atoms with Gasteiger partial charge in [-0.3, -0.25) is 0 Å². The number of allylic oxidation sites excluding steroid dienone is 3. The van der Waals surface area contributed by atoms with Gasteiger partial charge in [0.05, 0.1) is 17.8 Å². The van der Waals surface area contributed by atoms with Gasteiger partial charge in [0.1, 0.15) is 0 Å². The summed E-state index contributed by atoms with van der Waals surface area (Å²) in [5, 5.41) is 11.1. The molecule has 2 fully saturated rings. The Balaban J connectivity index is 1.82. The lowest BCUT2D eigenvalue weighted by molar-refractivity contribution is -0.0222. The van der Waals surface area contributed by atoms with Crippen molar-refractivity contribution in [2.45, 2.75) is 71.2 Å². The molecule has 0 aromatic carbocycles. The van der Waals surface area contributed by atoms with Crippen LogP contribution in [0.4, 0.5) is 0 Å². The Bertz CT molecular complexity index is 544. The predicted octanol–water partition coefficient (Wildman–Crippen LogP) is 4.10. The fourth-order valence-electron chi connectivity index (χ4n) is 5.77. The van der Waals surface area contributed by atoms with Gasteiger partial charge < -0.3 is 9.84 Å². The Morgan fingerprint density at radius 2 is 1.86 bits per heavy atom. The highest BCUT2D eigenvalue weighted by molar-refractivity contribution is 5.39. The van der Waals surface area contributed by atoms with E-state index in [0.29, 0.717) is 17.8 Å². The normalized spacial score (nSPS) is 49.9. The molecule has 0 bridgehead atoms. The van der Waals surface area contributed by atoms with Crippen molar-refractivity contribution in [2.75, 3.05) is 0 Å². The summed E-state index contributed by atoms with van der Waals surface area (Å²) in [6, 6.07) is 0. The molecule has 3 aliphatic carbocycles. The Hall–Kier alpha value is -0.600. The molecule has 0 amide bonds. The second-order valence-corrected chi connectivity index (χ2v) is 8.77. The van der Waals surface area contributed by atoms with E-state index in [9.17, 15) is 5.11 Å². The average molecular weight is 302 g/mol. The maximum atomic E-state index is 11.1. The fraction of sp³-hybridized carbons (Fsp3) is 0.800. The van der Waals surface area contributed by atoms with Crippen molar-refractivity contribution in [3.05, 3.63) is 23.3 Å². The molecule has 2 heteroatoms. The summed E-state index contributed by atoms with van der Waals surface area (Å²) >= 11 is 0. The van der Waals surface area contributed by atoms with E-state index in [1.165, 1.54) is 24.8 Å². The number of hydrogen-bond donors (Lipinski definition) is 1. The van der Waals surface area contributed by atoms with Gasteiger partial charge in [0.15, 0.2) is 0 Å². The lowest BCUT2D eigenvalue weighted by Crippen LogP contribution is -2.50. The number of ether oxygens (including phenoxy) is 1. The van der Waals surface area contributed by atoms with E-state index in [2.05, 4.69) is 34.3 Å². The fourth-order valence-corrected chi connectivity index (χ4v) is 5.77. The van der Waals surface area contributed by atoms with Gasteiger partial charge in [0, 0.05) is 11.8 Å². The first-order valence-corrected chi connectivity index (χ1v) is 9.09. The van der Waals surface area contributed by atoms with E-state index in [1.807, 2.05) is 0 Å². The zero-order valence-corrected chi connectivity index (χ0v) is 14.4. The average Bonchev–Trinajstić information content (AvgIpc) is 3.08. The number of aliphatic hydroxyl groups is 1. The van der Waals surface area contributed by atoms with Crippen LogP contribution in [0.1, 0.15) is 53.4 Å². The van der Waals surface area contributed by atoms with E-state index >= 15 is 0 Å². The molecular weight excluding hydrogens is 272 g/mol. The number of hydrogen-bond acceptors (Lipinski definition) is 2. The maximum absolute atomic E-state index is 11.1. The quantitative estimate of drug-likeness (QED) is 0.584. The summed E-state index contributed by atoms with van der Waals surface area (Å²) in [7, 11) is 0. The highest BCUT2D eigenvalue weighted by Crippen LogP contribution is 2.60. The zero-order chi connectivity index (χ0) is 15.8. The highest BCUT2D eigenvalue weighted by atomic mass is 16.6. The second kappa shape index (κ2) is 4.70. The van der Waals surface area contributed by atoms with Gasteiger partial charge >= 0.3 is 0 Å². The van der Waals surface area contributed by atoms with Gasteiger partial charge in [0.2, 0.25) is 0 Å². The lowest BCUT2D eigenvalue weighted by atomic mass is 9.53. The van der Waals surface area contributed by atoms with Gasteiger partial charge in [-0.2, -0.15) is 0 Å². The molecule has 7 atom stereocenters. The first-order chi connectivity index (χ1) is 10.3. The van der Waals surface area contributed by atoms with Gasteiger partial charge in [-0.15, -0.1) is 0 Å². The van der Waals surface area contributed by atoms with Crippen molar-refractivity contribution in [2.24, 2.45) is 29.6 Å². The van der Waals surface area contributed by atoms with Crippen molar-refractivity contribution in [1.82, 2.24) is 0 Å². The van der Waals surface area contributed by atoms with Crippen molar-refractivity contribution in [3.63, 3.8) is 0 Å². The molecular formula is C20H30O2. The molecule has 4 rings (SSSR count). The molecule has 1 saturated carbocycles. The lowest BCUT2D eigenvalue weighted by Gasteiger charge is -2.52. The summed E-state index contributed by atoms with van der Waals surface area (Å²) in [5.41, 5.74) is 4.65. The summed E-state index contributed by atoms with van der Waals surface area (Å²) in [4.78, 5) is 0. The van der Waals surface area contributed by atoms with E-state index < -0.39 is 0 Å². The molecule has 0 spiro atoms. The van der Waals surface area contributed by atoms with E-state index in [-0.39, 0.29) is 23.7 Å². The van der Waals surface area contributed by atoms with Crippen molar-refractivity contribution in [1.29, 1.82) is 0 Å². The molecule has 22 heavy (non-hydrogen) atoms. The van der Waals surface area contributed by atoms with E-state index in [1.54, 1.807) is 11.1 Å². The zero-order valence-electron chi connectivity index (χ0n) is 14.4. The van der Waals surface area contributed by atoms with Crippen LogP contribution in [0, 0.1) is 29.6 Å². The first kappa shape index (κ1) is 15.0. The Labute approximate surface area is 134 Å². The molecule has 0 aromatic heterocycles. The summed E-state index contributed by atoms with van der Waals surface area (Å²) in [6.45, 7) is 13.4. The van der Waals surface area contributed by atoms with Crippen LogP contribution in [-0.2, 0) is 4.74 Å². The van der Waals surface area contributed by atoms with Gasteiger partial charge in [0.25, 0.3) is 0 Å². The van der Waals surface area contributed by atoms with Crippen LogP contribution < -0.4 is 0 Å². The van der Waals surface area contributed by atoms with Gasteiger partial charge in [-0.1, -0.05) is 37.1 Å². The van der Waals surface area contributed by atoms with E-state index in [4.69, 9.17) is 4.74 Å². The first-order valence-electron chi connectivity index (χ1n) is 9.09. The molecule has 0 radical (unpaired) electrons. The number of rotatable bonds is 1. The molecule has 0 aromatic rings. The summed E-state index contributed by atoms with van der Waals surface area (Å²) < 4.78 is 5.99. The van der Waals surface area contributed by atoms with Crippen LogP contribution in [0.15, 0.2) is 23.3 Å². The molecule has 1 aliphatic heterocycles. The largest absolute Gasteiger partial charge is 0.392 e. The Morgan fingerprint density at radius 3 is 2.50 bits per heavy atom. The van der Waals surface area contributed by atoms with E-state index in [0.717, 1.165) is 12.3 Å². The molecule has 1 N–H and O–H groups in total. The minimum atomic E-state index is -0.255. The van der Waals surface area contributed by atoms with Crippen LogP contribution in [0.2, 0.25) is 0 Å². The topological polar surface area (TPSA) is 32.8 Å². The van der Waals surface area contributed by atoms with Gasteiger partial charge in [-0.05, 0) is 57.3 Å². The van der Waals surface area contributed by atoms with Crippen molar-refractivity contribution < 1.29 is 9.84 Å². The molecule has 0 unspecified atom stereocenters.